The van der Waals surface area contributed by atoms with Crippen molar-refractivity contribution in [1.29, 1.82) is 0 Å². The summed E-state index contributed by atoms with van der Waals surface area (Å²) in [7, 11) is 0. The molecule has 6 heteroatoms. The first-order valence-electron chi connectivity index (χ1n) is 10.9. The van der Waals surface area contributed by atoms with E-state index < -0.39 is 0 Å². The molecule has 1 fully saturated rings. The Labute approximate surface area is 177 Å². The lowest BCUT2D eigenvalue weighted by Gasteiger charge is -2.34. The normalized spacial score (nSPS) is 17.1. The minimum absolute atomic E-state index is 0.673. The quantitative estimate of drug-likeness (QED) is 0.626. The third-order valence-corrected chi connectivity index (χ3v) is 6.07. The van der Waals surface area contributed by atoms with Gasteiger partial charge in [0.15, 0.2) is 0 Å². The first kappa shape index (κ1) is 19.3. The molecule has 1 saturated heterocycles. The number of benzene rings is 2. The van der Waals surface area contributed by atoms with Gasteiger partial charge >= 0.3 is 0 Å². The molecule has 0 unspecified atom stereocenters. The zero-order valence-corrected chi connectivity index (χ0v) is 17.5. The molecule has 0 spiro atoms. The maximum absolute atomic E-state index is 5.61. The highest BCUT2D eigenvalue weighted by atomic mass is 16.5. The molecule has 2 aliphatic rings. The topological polar surface area (TPSA) is 54.6 Å². The first-order valence-corrected chi connectivity index (χ1v) is 10.9. The summed E-state index contributed by atoms with van der Waals surface area (Å²) in [6.45, 7) is 8.80. The summed E-state index contributed by atoms with van der Waals surface area (Å²) in [5.41, 5.74) is 5.05. The SMILES string of the molecule is CCc1ccc(-c2noc(CN3CCN(Cc4ccc5c(c4)CCO5)CC3)n2)cc1. The summed E-state index contributed by atoms with van der Waals surface area (Å²) in [4.78, 5) is 9.52. The minimum Gasteiger partial charge on any atom is -0.493 e. The van der Waals surface area contributed by atoms with Crippen molar-refractivity contribution in [3.63, 3.8) is 0 Å². The standard InChI is InChI=1S/C24H28N4O2/c1-2-18-3-6-20(7-4-18)24-25-23(30-26-24)17-28-12-10-27(11-13-28)16-19-5-8-22-21(15-19)9-14-29-22/h3-8,15H,2,9-14,16-17H2,1H3. The number of aryl methyl sites for hydroxylation is 1. The van der Waals surface area contributed by atoms with Crippen LogP contribution in [0.1, 0.15) is 29.5 Å². The lowest BCUT2D eigenvalue weighted by atomic mass is 10.1. The van der Waals surface area contributed by atoms with Gasteiger partial charge in [-0.1, -0.05) is 48.5 Å². The Morgan fingerprint density at radius 1 is 0.900 bits per heavy atom. The van der Waals surface area contributed by atoms with Crippen molar-refractivity contribution in [3.05, 3.63) is 65.0 Å². The number of aromatic nitrogens is 2. The summed E-state index contributed by atoms with van der Waals surface area (Å²) in [6.07, 6.45) is 2.07. The maximum Gasteiger partial charge on any atom is 0.241 e. The molecule has 5 rings (SSSR count). The third-order valence-electron chi connectivity index (χ3n) is 6.07. The Hall–Kier alpha value is -2.70. The van der Waals surface area contributed by atoms with Gasteiger partial charge in [-0.15, -0.1) is 0 Å². The summed E-state index contributed by atoms with van der Waals surface area (Å²) in [5.74, 6) is 2.42. The molecule has 0 N–H and O–H groups in total. The fourth-order valence-electron chi connectivity index (χ4n) is 4.22. The summed E-state index contributed by atoms with van der Waals surface area (Å²) >= 11 is 0. The van der Waals surface area contributed by atoms with Crippen LogP contribution in [0.4, 0.5) is 0 Å². The average molecular weight is 405 g/mol. The van der Waals surface area contributed by atoms with Gasteiger partial charge in [0.05, 0.1) is 13.2 Å². The van der Waals surface area contributed by atoms with E-state index in [1.165, 1.54) is 16.7 Å². The van der Waals surface area contributed by atoms with Crippen LogP contribution in [0.3, 0.4) is 0 Å². The van der Waals surface area contributed by atoms with Crippen molar-refractivity contribution in [1.82, 2.24) is 19.9 Å². The van der Waals surface area contributed by atoms with E-state index in [9.17, 15) is 0 Å². The molecule has 156 valence electrons. The molecule has 0 atom stereocenters. The smallest absolute Gasteiger partial charge is 0.241 e. The Kier molecular flexibility index (Phi) is 5.51. The molecule has 3 heterocycles. The van der Waals surface area contributed by atoms with Crippen LogP contribution in [0.25, 0.3) is 11.4 Å². The molecule has 30 heavy (non-hydrogen) atoms. The number of rotatable bonds is 6. The van der Waals surface area contributed by atoms with Gasteiger partial charge in [0.2, 0.25) is 11.7 Å². The molecular formula is C24H28N4O2. The first-order chi connectivity index (χ1) is 14.8. The number of fused-ring (bicyclic) bond motifs is 1. The van der Waals surface area contributed by atoms with Crippen LogP contribution in [0, 0.1) is 0 Å². The third kappa shape index (κ3) is 4.25. The van der Waals surface area contributed by atoms with Crippen LogP contribution in [-0.2, 0) is 25.9 Å². The number of piperazine rings is 1. The van der Waals surface area contributed by atoms with Gasteiger partial charge in [-0.2, -0.15) is 4.98 Å². The number of nitrogens with zero attached hydrogens (tertiary/aromatic N) is 4. The molecule has 0 bridgehead atoms. The van der Waals surface area contributed by atoms with Gasteiger partial charge in [-0.05, 0) is 29.2 Å². The Balaban J connectivity index is 1.13. The molecule has 0 radical (unpaired) electrons. The van der Waals surface area contributed by atoms with E-state index in [2.05, 4.69) is 69.3 Å². The summed E-state index contributed by atoms with van der Waals surface area (Å²) in [5, 5.41) is 4.17. The predicted octanol–water partition coefficient (Wildman–Crippen LogP) is 3.55. The molecular weight excluding hydrogens is 376 g/mol. The molecule has 0 amide bonds. The largest absolute Gasteiger partial charge is 0.493 e. The molecule has 6 nitrogen and oxygen atoms in total. The maximum atomic E-state index is 5.61. The van der Waals surface area contributed by atoms with Crippen molar-refractivity contribution < 1.29 is 9.26 Å². The fraction of sp³-hybridized carbons (Fsp3) is 0.417. The number of hydrogen-bond acceptors (Lipinski definition) is 6. The van der Waals surface area contributed by atoms with Gasteiger partial charge in [0.1, 0.15) is 5.75 Å². The zero-order valence-electron chi connectivity index (χ0n) is 17.5. The van der Waals surface area contributed by atoms with Gasteiger partial charge < -0.3 is 9.26 Å². The second-order valence-electron chi connectivity index (χ2n) is 8.16. The van der Waals surface area contributed by atoms with Gasteiger partial charge in [0, 0.05) is 44.7 Å². The van der Waals surface area contributed by atoms with Gasteiger partial charge in [0.25, 0.3) is 0 Å². The summed E-state index contributed by atoms with van der Waals surface area (Å²) < 4.78 is 11.1. The van der Waals surface area contributed by atoms with E-state index in [4.69, 9.17) is 9.26 Å². The van der Waals surface area contributed by atoms with Crippen molar-refractivity contribution in [2.75, 3.05) is 32.8 Å². The van der Waals surface area contributed by atoms with Crippen LogP contribution >= 0.6 is 0 Å². The molecule has 2 aliphatic heterocycles. The highest BCUT2D eigenvalue weighted by Gasteiger charge is 2.20. The lowest BCUT2D eigenvalue weighted by Crippen LogP contribution is -2.45. The Morgan fingerprint density at radius 3 is 2.40 bits per heavy atom. The minimum atomic E-state index is 0.673. The molecule has 2 aromatic carbocycles. The van der Waals surface area contributed by atoms with E-state index in [1.54, 1.807) is 0 Å². The monoisotopic (exact) mass is 404 g/mol. The number of hydrogen-bond donors (Lipinski definition) is 0. The Morgan fingerprint density at radius 2 is 1.63 bits per heavy atom. The number of ether oxygens (including phenoxy) is 1. The second kappa shape index (κ2) is 8.58. The van der Waals surface area contributed by atoms with Gasteiger partial charge in [-0.25, -0.2) is 0 Å². The summed E-state index contributed by atoms with van der Waals surface area (Å²) in [6, 6.07) is 15.0. The van der Waals surface area contributed by atoms with E-state index >= 15 is 0 Å². The molecule has 1 aromatic heterocycles. The fourth-order valence-corrected chi connectivity index (χ4v) is 4.22. The van der Waals surface area contributed by atoms with E-state index in [0.29, 0.717) is 18.3 Å². The highest BCUT2D eigenvalue weighted by molar-refractivity contribution is 5.54. The van der Waals surface area contributed by atoms with E-state index in [-0.39, 0.29) is 0 Å². The van der Waals surface area contributed by atoms with Crippen LogP contribution in [-0.4, -0.2) is 52.7 Å². The Bertz CT molecular complexity index is 991. The average Bonchev–Trinajstić information content (AvgIpc) is 3.44. The molecule has 0 saturated carbocycles. The molecule has 3 aromatic rings. The van der Waals surface area contributed by atoms with E-state index in [0.717, 1.165) is 63.5 Å². The van der Waals surface area contributed by atoms with Crippen LogP contribution < -0.4 is 4.74 Å². The van der Waals surface area contributed by atoms with Gasteiger partial charge in [-0.3, -0.25) is 9.80 Å². The van der Waals surface area contributed by atoms with Crippen LogP contribution in [0.2, 0.25) is 0 Å². The lowest BCUT2D eigenvalue weighted by molar-refractivity contribution is 0.112. The highest BCUT2D eigenvalue weighted by Crippen LogP contribution is 2.26. The zero-order chi connectivity index (χ0) is 20.3. The predicted molar refractivity (Wildman–Crippen MR) is 115 cm³/mol. The van der Waals surface area contributed by atoms with Crippen molar-refractivity contribution in [2.24, 2.45) is 0 Å². The second-order valence-corrected chi connectivity index (χ2v) is 8.16. The van der Waals surface area contributed by atoms with Crippen LogP contribution in [0.15, 0.2) is 47.0 Å². The van der Waals surface area contributed by atoms with Crippen LogP contribution in [0.5, 0.6) is 5.75 Å². The van der Waals surface area contributed by atoms with Crippen molar-refractivity contribution in [3.8, 4) is 17.1 Å². The van der Waals surface area contributed by atoms with E-state index in [1.807, 2.05) is 0 Å². The van der Waals surface area contributed by atoms with Crippen molar-refractivity contribution >= 4 is 0 Å². The van der Waals surface area contributed by atoms with Crippen molar-refractivity contribution in [2.45, 2.75) is 32.9 Å². The molecule has 0 aliphatic carbocycles.